The first-order valence-corrected chi connectivity index (χ1v) is 6.57. The molecule has 2 aromatic carbocycles. The van der Waals surface area contributed by atoms with Crippen LogP contribution in [-0.4, -0.2) is 16.2 Å². The number of phenolic OH excluding ortho intramolecular Hbond substituents is 1. The van der Waals surface area contributed by atoms with E-state index in [2.05, 4.69) is 22.6 Å². The summed E-state index contributed by atoms with van der Waals surface area (Å²) in [7, 11) is 0. The van der Waals surface area contributed by atoms with Gasteiger partial charge in [0.25, 0.3) is 0 Å². The molecule has 0 aliphatic rings. The molecule has 0 saturated carbocycles. The van der Waals surface area contributed by atoms with Crippen LogP contribution in [-0.2, 0) is 6.61 Å². The number of carboxylic acids is 1. The molecule has 0 atom stereocenters. The minimum atomic E-state index is -0.987. The zero-order chi connectivity index (χ0) is 13.8. The van der Waals surface area contributed by atoms with E-state index in [4.69, 9.17) is 9.84 Å². The van der Waals surface area contributed by atoms with Gasteiger partial charge in [-0.2, -0.15) is 0 Å². The molecule has 0 saturated heterocycles. The van der Waals surface area contributed by atoms with Crippen LogP contribution in [0.15, 0.2) is 42.5 Å². The minimum Gasteiger partial charge on any atom is -0.508 e. The Kier molecular flexibility index (Phi) is 4.26. The summed E-state index contributed by atoms with van der Waals surface area (Å²) in [4.78, 5) is 10.9. The highest BCUT2D eigenvalue weighted by atomic mass is 127. The van der Waals surface area contributed by atoms with Crippen LogP contribution < -0.4 is 4.74 Å². The first-order valence-electron chi connectivity index (χ1n) is 5.50. The smallest absolute Gasteiger partial charge is 0.335 e. The molecule has 2 aromatic rings. The number of ether oxygens (including phenoxy) is 1. The molecule has 19 heavy (non-hydrogen) atoms. The van der Waals surface area contributed by atoms with E-state index >= 15 is 0 Å². The van der Waals surface area contributed by atoms with Crippen LogP contribution >= 0.6 is 22.6 Å². The van der Waals surface area contributed by atoms with Gasteiger partial charge in [-0.15, -0.1) is 0 Å². The average molecular weight is 370 g/mol. The van der Waals surface area contributed by atoms with Crippen molar-refractivity contribution in [1.29, 1.82) is 0 Å². The number of carboxylic acid groups (broad SMARTS) is 1. The molecule has 0 fully saturated rings. The summed E-state index contributed by atoms with van der Waals surface area (Å²) in [6, 6.07) is 11.5. The van der Waals surface area contributed by atoms with E-state index in [-0.39, 0.29) is 17.9 Å². The summed E-state index contributed by atoms with van der Waals surface area (Å²) in [5.41, 5.74) is 1.00. The summed E-state index contributed by atoms with van der Waals surface area (Å²) in [6.45, 7) is 0.271. The Balaban J connectivity index is 2.15. The molecule has 2 rings (SSSR count). The molecule has 98 valence electrons. The summed E-state index contributed by atoms with van der Waals surface area (Å²) in [6.07, 6.45) is 0. The van der Waals surface area contributed by atoms with Gasteiger partial charge in [-0.05, 0) is 58.5 Å². The number of aromatic carboxylic acids is 1. The molecule has 2 N–H and O–H groups in total. The Morgan fingerprint density at radius 3 is 2.68 bits per heavy atom. The molecular formula is C14H11IO4. The maximum atomic E-state index is 10.9. The second-order valence-corrected chi connectivity index (χ2v) is 5.07. The van der Waals surface area contributed by atoms with Gasteiger partial charge < -0.3 is 14.9 Å². The lowest BCUT2D eigenvalue weighted by Gasteiger charge is -2.09. The Morgan fingerprint density at radius 1 is 1.21 bits per heavy atom. The van der Waals surface area contributed by atoms with Gasteiger partial charge in [0.1, 0.15) is 18.1 Å². The van der Waals surface area contributed by atoms with Gasteiger partial charge in [0.2, 0.25) is 0 Å². The number of hydrogen-bond acceptors (Lipinski definition) is 3. The van der Waals surface area contributed by atoms with Gasteiger partial charge >= 0.3 is 5.97 Å². The van der Waals surface area contributed by atoms with Crippen molar-refractivity contribution in [3.05, 3.63) is 57.2 Å². The maximum absolute atomic E-state index is 10.9. The number of halogens is 1. The first kappa shape index (κ1) is 13.7. The molecule has 0 aliphatic carbocycles. The lowest BCUT2D eigenvalue weighted by molar-refractivity contribution is 0.0696. The van der Waals surface area contributed by atoms with Crippen molar-refractivity contribution >= 4 is 28.6 Å². The van der Waals surface area contributed by atoms with E-state index < -0.39 is 5.97 Å². The number of rotatable bonds is 4. The highest BCUT2D eigenvalue weighted by Gasteiger charge is 2.08. The van der Waals surface area contributed by atoms with E-state index in [0.717, 1.165) is 9.13 Å². The van der Waals surface area contributed by atoms with Crippen LogP contribution in [0.25, 0.3) is 0 Å². The molecule has 0 heterocycles. The summed E-state index contributed by atoms with van der Waals surface area (Å²) in [5.74, 6) is -0.294. The van der Waals surface area contributed by atoms with E-state index in [1.54, 1.807) is 24.3 Å². The SMILES string of the molecule is O=C(O)c1ccc(I)c(OCc2cccc(O)c2)c1. The highest BCUT2D eigenvalue weighted by molar-refractivity contribution is 14.1. The third-order valence-electron chi connectivity index (χ3n) is 2.48. The predicted molar refractivity (Wildman–Crippen MR) is 78.6 cm³/mol. The summed E-state index contributed by atoms with van der Waals surface area (Å²) >= 11 is 2.08. The largest absolute Gasteiger partial charge is 0.508 e. The van der Waals surface area contributed by atoms with Crippen LogP contribution in [0.5, 0.6) is 11.5 Å². The van der Waals surface area contributed by atoms with Crippen molar-refractivity contribution in [2.75, 3.05) is 0 Å². The van der Waals surface area contributed by atoms with Gasteiger partial charge in [-0.1, -0.05) is 12.1 Å². The molecule has 0 unspecified atom stereocenters. The molecule has 0 radical (unpaired) electrons. The zero-order valence-corrected chi connectivity index (χ0v) is 12.0. The monoisotopic (exact) mass is 370 g/mol. The van der Waals surface area contributed by atoms with Crippen molar-refractivity contribution < 1.29 is 19.7 Å². The van der Waals surface area contributed by atoms with E-state index in [0.29, 0.717) is 5.75 Å². The fourth-order valence-corrected chi connectivity index (χ4v) is 2.05. The Morgan fingerprint density at radius 2 is 2.00 bits per heavy atom. The van der Waals surface area contributed by atoms with Crippen molar-refractivity contribution in [3.63, 3.8) is 0 Å². The molecule has 0 bridgehead atoms. The first-order chi connectivity index (χ1) is 9.06. The predicted octanol–water partition coefficient (Wildman–Crippen LogP) is 3.27. The van der Waals surface area contributed by atoms with E-state index in [1.165, 1.54) is 12.1 Å². The van der Waals surface area contributed by atoms with Gasteiger partial charge in [-0.3, -0.25) is 0 Å². The van der Waals surface area contributed by atoms with Crippen molar-refractivity contribution in [3.8, 4) is 11.5 Å². The van der Waals surface area contributed by atoms with E-state index in [9.17, 15) is 9.90 Å². The second kappa shape index (κ2) is 5.92. The Bertz CT molecular complexity index is 610. The van der Waals surface area contributed by atoms with Crippen LogP contribution in [0, 0.1) is 3.57 Å². The van der Waals surface area contributed by atoms with Crippen molar-refractivity contribution in [1.82, 2.24) is 0 Å². The molecule has 5 heteroatoms. The maximum Gasteiger partial charge on any atom is 0.335 e. The third kappa shape index (κ3) is 3.60. The van der Waals surface area contributed by atoms with Gasteiger partial charge in [-0.25, -0.2) is 4.79 Å². The summed E-state index contributed by atoms with van der Waals surface area (Å²) in [5, 5.41) is 18.3. The fourth-order valence-electron chi connectivity index (χ4n) is 1.55. The van der Waals surface area contributed by atoms with Crippen LogP contribution in [0.3, 0.4) is 0 Å². The quantitative estimate of drug-likeness (QED) is 0.811. The second-order valence-electron chi connectivity index (χ2n) is 3.91. The number of carbonyl (C=O) groups is 1. The standard InChI is InChI=1S/C14H11IO4/c15-12-5-4-10(14(17)18)7-13(12)19-8-9-2-1-3-11(16)6-9/h1-7,16H,8H2,(H,17,18). The number of hydrogen-bond donors (Lipinski definition) is 2. The number of benzene rings is 2. The van der Waals surface area contributed by atoms with Gasteiger partial charge in [0.15, 0.2) is 0 Å². The average Bonchev–Trinajstić information content (AvgIpc) is 2.37. The lowest BCUT2D eigenvalue weighted by atomic mass is 10.2. The molecule has 0 spiro atoms. The molecule has 4 nitrogen and oxygen atoms in total. The van der Waals surface area contributed by atoms with Crippen molar-refractivity contribution in [2.24, 2.45) is 0 Å². The minimum absolute atomic E-state index is 0.176. The van der Waals surface area contributed by atoms with Gasteiger partial charge in [0.05, 0.1) is 9.13 Å². The van der Waals surface area contributed by atoms with E-state index in [1.807, 2.05) is 6.07 Å². The zero-order valence-electron chi connectivity index (χ0n) is 9.84. The molecule has 0 aromatic heterocycles. The number of phenols is 1. The highest BCUT2D eigenvalue weighted by Crippen LogP contribution is 2.24. The third-order valence-corrected chi connectivity index (χ3v) is 3.37. The van der Waals surface area contributed by atoms with Crippen LogP contribution in [0.1, 0.15) is 15.9 Å². The summed E-state index contributed by atoms with van der Waals surface area (Å²) < 4.78 is 6.42. The number of aromatic hydroxyl groups is 1. The topological polar surface area (TPSA) is 66.8 Å². The molecule has 0 aliphatic heterocycles. The Hall–Kier alpha value is -1.76. The molecule has 0 amide bonds. The van der Waals surface area contributed by atoms with Crippen molar-refractivity contribution in [2.45, 2.75) is 6.61 Å². The van der Waals surface area contributed by atoms with Crippen LogP contribution in [0.4, 0.5) is 0 Å². The fraction of sp³-hybridized carbons (Fsp3) is 0.0714. The lowest BCUT2D eigenvalue weighted by Crippen LogP contribution is -2.01. The normalized spacial score (nSPS) is 10.2. The van der Waals surface area contributed by atoms with Gasteiger partial charge in [0, 0.05) is 0 Å². The van der Waals surface area contributed by atoms with Crippen LogP contribution in [0.2, 0.25) is 0 Å². The molecular weight excluding hydrogens is 359 g/mol. The Labute approximate surface area is 123 Å².